The molecule has 0 bridgehead atoms. The van der Waals surface area contributed by atoms with Crippen LogP contribution in [0.4, 0.5) is 5.69 Å². The summed E-state index contributed by atoms with van der Waals surface area (Å²) in [4.78, 5) is 24.8. The summed E-state index contributed by atoms with van der Waals surface area (Å²) in [6.07, 6.45) is 1.17. The number of fused-ring (bicyclic) bond motifs is 1. The van der Waals surface area contributed by atoms with E-state index in [0.717, 1.165) is 0 Å². The topological polar surface area (TPSA) is 93.3 Å². The lowest BCUT2D eigenvalue weighted by Gasteiger charge is -2.03. The highest BCUT2D eigenvalue weighted by Gasteiger charge is 2.14. The van der Waals surface area contributed by atoms with Gasteiger partial charge in [0.05, 0.1) is 16.0 Å². The van der Waals surface area contributed by atoms with Crippen molar-refractivity contribution in [2.45, 2.75) is 0 Å². The van der Waals surface area contributed by atoms with Gasteiger partial charge in [-0.2, -0.15) is 0 Å². The molecular weight excluding hydrogens is 292 g/mol. The van der Waals surface area contributed by atoms with Crippen molar-refractivity contribution >= 4 is 38.5 Å². The molecule has 0 atom stereocenters. The maximum atomic E-state index is 10.9. The number of carboxylic acid groups (broad SMARTS) is 1. The fourth-order valence-electron chi connectivity index (χ4n) is 1.41. The fourth-order valence-corrected chi connectivity index (χ4v) is 2.02. The average Bonchev–Trinajstić information content (AvgIpc) is 2.28. The summed E-state index contributed by atoms with van der Waals surface area (Å²) in [7, 11) is 0. The molecule has 0 aliphatic heterocycles. The van der Waals surface area contributed by atoms with Crippen LogP contribution in [0.5, 0.6) is 0 Å². The lowest BCUT2D eigenvalue weighted by Crippen LogP contribution is -1.99. The van der Waals surface area contributed by atoms with Crippen LogP contribution in [0.15, 0.2) is 28.9 Å². The number of nitro groups is 1. The average molecular weight is 297 g/mol. The molecule has 0 aliphatic carbocycles. The molecule has 2 rings (SSSR count). The Hall–Kier alpha value is -2.02. The highest BCUT2D eigenvalue weighted by Crippen LogP contribution is 2.28. The number of hydrogen-bond donors (Lipinski definition) is 1. The Morgan fingerprint density at radius 2 is 2.18 bits per heavy atom. The predicted molar refractivity (Wildman–Crippen MR) is 63.1 cm³/mol. The summed E-state index contributed by atoms with van der Waals surface area (Å²) in [5, 5.41) is 20.0. The quantitative estimate of drug-likeness (QED) is 0.679. The lowest BCUT2D eigenvalue weighted by atomic mass is 10.1. The van der Waals surface area contributed by atoms with Crippen molar-refractivity contribution in [1.82, 2.24) is 4.98 Å². The maximum absolute atomic E-state index is 10.9. The van der Waals surface area contributed by atoms with Crippen molar-refractivity contribution < 1.29 is 14.8 Å². The molecule has 7 heteroatoms. The highest BCUT2D eigenvalue weighted by atomic mass is 79.9. The molecule has 86 valence electrons. The Kier molecular flexibility index (Phi) is 2.76. The van der Waals surface area contributed by atoms with Crippen LogP contribution in [0.25, 0.3) is 10.9 Å². The molecule has 6 nitrogen and oxygen atoms in total. The Labute approximate surface area is 103 Å². The minimum Gasteiger partial charge on any atom is -0.478 e. The molecule has 0 unspecified atom stereocenters. The van der Waals surface area contributed by atoms with Crippen LogP contribution in [-0.4, -0.2) is 21.0 Å². The smallest absolute Gasteiger partial charge is 0.338 e. The molecule has 1 aromatic carbocycles. The van der Waals surface area contributed by atoms with Crippen molar-refractivity contribution in [2.24, 2.45) is 0 Å². The number of aromatic carboxylic acids is 1. The standard InChI is InChI=1S/C10H5BrN2O4/c11-9-6-2-1-5(13(16)17)3-8(6)12-4-7(9)10(14)15/h1-4H,(H,14,15). The monoisotopic (exact) mass is 296 g/mol. The second-order valence-corrected chi connectivity index (χ2v) is 4.04. The molecule has 0 saturated carbocycles. The van der Waals surface area contributed by atoms with Gasteiger partial charge in [-0.1, -0.05) is 0 Å². The number of non-ortho nitro benzene ring substituents is 1. The van der Waals surface area contributed by atoms with E-state index >= 15 is 0 Å². The molecule has 1 heterocycles. The Bertz CT molecular complexity index is 641. The lowest BCUT2D eigenvalue weighted by molar-refractivity contribution is -0.384. The summed E-state index contributed by atoms with van der Waals surface area (Å²) in [6, 6.07) is 4.07. The third-order valence-corrected chi connectivity index (χ3v) is 3.08. The normalized spacial score (nSPS) is 10.4. The summed E-state index contributed by atoms with van der Waals surface area (Å²) in [5.74, 6) is -1.11. The molecule has 17 heavy (non-hydrogen) atoms. The van der Waals surface area contributed by atoms with Crippen molar-refractivity contribution in [3.63, 3.8) is 0 Å². The molecule has 0 fully saturated rings. The Morgan fingerprint density at radius 3 is 2.76 bits per heavy atom. The summed E-state index contributed by atoms with van der Waals surface area (Å²) in [6.45, 7) is 0. The largest absolute Gasteiger partial charge is 0.478 e. The van der Waals surface area contributed by atoms with Gasteiger partial charge in [0.15, 0.2) is 0 Å². The number of aromatic nitrogens is 1. The molecule has 0 amide bonds. The summed E-state index contributed by atoms with van der Waals surface area (Å²) >= 11 is 3.15. The predicted octanol–water partition coefficient (Wildman–Crippen LogP) is 2.60. The minimum atomic E-state index is -1.11. The Balaban J connectivity index is 2.72. The van der Waals surface area contributed by atoms with Gasteiger partial charge < -0.3 is 5.11 Å². The van der Waals surface area contributed by atoms with Crippen LogP contribution in [0, 0.1) is 10.1 Å². The first kappa shape index (κ1) is 11.5. The van der Waals surface area contributed by atoms with E-state index in [1.54, 1.807) is 0 Å². The van der Waals surface area contributed by atoms with E-state index in [9.17, 15) is 14.9 Å². The zero-order valence-electron chi connectivity index (χ0n) is 8.25. The van der Waals surface area contributed by atoms with Crippen LogP contribution < -0.4 is 0 Å². The van der Waals surface area contributed by atoms with E-state index < -0.39 is 10.9 Å². The van der Waals surface area contributed by atoms with Gasteiger partial charge in [0.1, 0.15) is 0 Å². The molecule has 0 aliphatic rings. The fraction of sp³-hybridized carbons (Fsp3) is 0. The number of hydrogen-bond acceptors (Lipinski definition) is 4. The van der Waals surface area contributed by atoms with Gasteiger partial charge in [-0.25, -0.2) is 4.79 Å². The van der Waals surface area contributed by atoms with E-state index in [1.165, 1.54) is 24.4 Å². The van der Waals surface area contributed by atoms with E-state index in [1.807, 2.05) is 0 Å². The van der Waals surface area contributed by atoms with Crippen LogP contribution >= 0.6 is 15.9 Å². The molecule has 0 saturated heterocycles. The summed E-state index contributed by atoms with van der Waals surface area (Å²) < 4.78 is 0.366. The number of benzene rings is 1. The molecular formula is C10H5BrN2O4. The van der Waals surface area contributed by atoms with E-state index in [2.05, 4.69) is 20.9 Å². The van der Waals surface area contributed by atoms with Gasteiger partial charge in [0.2, 0.25) is 0 Å². The third kappa shape index (κ3) is 1.96. The van der Waals surface area contributed by atoms with Gasteiger partial charge in [-0.3, -0.25) is 15.1 Å². The van der Waals surface area contributed by atoms with Crippen molar-refractivity contribution in [2.75, 3.05) is 0 Å². The minimum absolute atomic E-state index is 0.0198. The number of halogens is 1. The van der Waals surface area contributed by atoms with Crippen LogP contribution in [0.1, 0.15) is 10.4 Å². The number of nitrogens with zero attached hydrogens (tertiary/aromatic N) is 2. The molecule has 0 radical (unpaired) electrons. The van der Waals surface area contributed by atoms with Gasteiger partial charge in [0, 0.05) is 28.2 Å². The molecule has 1 N–H and O–H groups in total. The molecule has 0 spiro atoms. The maximum Gasteiger partial charge on any atom is 0.338 e. The first-order valence-electron chi connectivity index (χ1n) is 4.46. The van der Waals surface area contributed by atoms with Gasteiger partial charge in [-0.05, 0) is 22.0 Å². The van der Waals surface area contributed by atoms with Crippen molar-refractivity contribution in [3.05, 3.63) is 44.5 Å². The highest BCUT2D eigenvalue weighted by molar-refractivity contribution is 9.10. The Morgan fingerprint density at radius 1 is 1.47 bits per heavy atom. The zero-order valence-corrected chi connectivity index (χ0v) is 9.84. The summed E-state index contributed by atoms with van der Waals surface area (Å²) in [5.41, 5.74) is 0.308. The molecule has 2 aromatic rings. The number of rotatable bonds is 2. The van der Waals surface area contributed by atoms with E-state index in [-0.39, 0.29) is 11.3 Å². The second-order valence-electron chi connectivity index (χ2n) is 3.25. The van der Waals surface area contributed by atoms with Crippen molar-refractivity contribution in [1.29, 1.82) is 0 Å². The molecule has 1 aromatic heterocycles. The van der Waals surface area contributed by atoms with Crippen LogP contribution in [0.2, 0.25) is 0 Å². The van der Waals surface area contributed by atoms with Crippen LogP contribution in [-0.2, 0) is 0 Å². The van der Waals surface area contributed by atoms with Crippen LogP contribution in [0.3, 0.4) is 0 Å². The van der Waals surface area contributed by atoms with Gasteiger partial charge in [-0.15, -0.1) is 0 Å². The third-order valence-electron chi connectivity index (χ3n) is 2.23. The number of carbonyl (C=O) groups is 1. The van der Waals surface area contributed by atoms with Gasteiger partial charge >= 0.3 is 5.97 Å². The second kappa shape index (κ2) is 4.10. The number of nitro benzene ring substituents is 1. The van der Waals surface area contributed by atoms with E-state index in [0.29, 0.717) is 15.4 Å². The first-order valence-corrected chi connectivity index (χ1v) is 5.26. The van der Waals surface area contributed by atoms with E-state index in [4.69, 9.17) is 5.11 Å². The number of pyridine rings is 1. The van der Waals surface area contributed by atoms with Gasteiger partial charge in [0.25, 0.3) is 5.69 Å². The number of carboxylic acids is 1. The SMILES string of the molecule is O=C(O)c1cnc2cc([N+](=O)[O-])ccc2c1Br. The first-order chi connectivity index (χ1) is 8.00. The zero-order chi connectivity index (χ0) is 12.6. The van der Waals surface area contributed by atoms with Crippen molar-refractivity contribution in [3.8, 4) is 0 Å².